The molecule has 0 bridgehead atoms. The first-order valence-electron chi connectivity index (χ1n) is 7.34. The largest absolute Gasteiger partial charge is 0.314 e. The highest BCUT2D eigenvalue weighted by molar-refractivity contribution is 4.80. The molecule has 2 heteroatoms. The maximum atomic E-state index is 3.60. The van der Waals surface area contributed by atoms with Crippen molar-refractivity contribution < 1.29 is 0 Å². The van der Waals surface area contributed by atoms with E-state index in [1.54, 1.807) is 0 Å². The first-order valence-corrected chi connectivity index (χ1v) is 7.34. The van der Waals surface area contributed by atoms with Crippen LogP contribution in [0.4, 0.5) is 0 Å². The Kier molecular flexibility index (Phi) is 5.11. The Balaban J connectivity index is 1.46. The van der Waals surface area contributed by atoms with Crippen LogP contribution >= 0.6 is 0 Å². The maximum absolute atomic E-state index is 3.60. The summed E-state index contributed by atoms with van der Waals surface area (Å²) >= 11 is 0. The van der Waals surface area contributed by atoms with Crippen LogP contribution in [0.3, 0.4) is 0 Å². The Hall–Kier alpha value is -0.0800. The number of hydrogen-bond donors (Lipinski definition) is 1. The summed E-state index contributed by atoms with van der Waals surface area (Å²) in [7, 11) is 0. The predicted octanol–water partition coefficient (Wildman–Crippen LogP) is 2.64. The predicted molar refractivity (Wildman–Crippen MR) is 69.7 cm³/mol. The molecule has 2 nitrogen and oxygen atoms in total. The molecule has 0 unspecified atom stereocenters. The second kappa shape index (κ2) is 6.61. The van der Waals surface area contributed by atoms with Crippen LogP contribution in [-0.4, -0.2) is 37.1 Å². The average molecular weight is 224 g/mol. The Labute approximate surface area is 101 Å². The van der Waals surface area contributed by atoms with E-state index < -0.39 is 0 Å². The number of nitrogens with zero attached hydrogens (tertiary/aromatic N) is 1. The highest BCUT2D eigenvalue weighted by atomic mass is 15.1. The molecule has 0 amide bonds. The third-order valence-electron chi connectivity index (χ3n) is 3.66. The monoisotopic (exact) mass is 224 g/mol. The van der Waals surface area contributed by atoms with Gasteiger partial charge >= 0.3 is 0 Å². The quantitative estimate of drug-likeness (QED) is 0.574. The number of nitrogens with one attached hydrogen (secondary N) is 1. The van der Waals surface area contributed by atoms with Crippen LogP contribution in [0.2, 0.25) is 0 Å². The standard InChI is InChI=1S/C14H28N2/c1-2-10-16(12-13-5-6-13)11-4-3-9-15-14-7-8-14/h13-15H,2-12H2,1H3. The van der Waals surface area contributed by atoms with Crippen molar-refractivity contribution in [3.63, 3.8) is 0 Å². The molecule has 16 heavy (non-hydrogen) atoms. The lowest BCUT2D eigenvalue weighted by molar-refractivity contribution is 0.257. The van der Waals surface area contributed by atoms with Gasteiger partial charge in [-0.15, -0.1) is 0 Å². The van der Waals surface area contributed by atoms with Gasteiger partial charge in [-0.3, -0.25) is 0 Å². The third kappa shape index (κ3) is 5.31. The molecule has 0 aromatic heterocycles. The van der Waals surface area contributed by atoms with E-state index in [0.717, 1.165) is 12.0 Å². The van der Waals surface area contributed by atoms with Gasteiger partial charge in [0.1, 0.15) is 0 Å². The Morgan fingerprint density at radius 2 is 1.88 bits per heavy atom. The van der Waals surface area contributed by atoms with E-state index in [1.165, 1.54) is 71.1 Å². The van der Waals surface area contributed by atoms with E-state index in [1.807, 2.05) is 0 Å². The Morgan fingerprint density at radius 1 is 1.06 bits per heavy atom. The number of hydrogen-bond acceptors (Lipinski definition) is 2. The topological polar surface area (TPSA) is 15.3 Å². The van der Waals surface area contributed by atoms with Gasteiger partial charge in [0.25, 0.3) is 0 Å². The van der Waals surface area contributed by atoms with Crippen molar-refractivity contribution in [2.24, 2.45) is 5.92 Å². The molecule has 94 valence electrons. The van der Waals surface area contributed by atoms with Gasteiger partial charge < -0.3 is 10.2 Å². The Morgan fingerprint density at radius 3 is 2.50 bits per heavy atom. The molecule has 0 heterocycles. The molecule has 0 aromatic carbocycles. The van der Waals surface area contributed by atoms with Gasteiger partial charge in [-0.05, 0) is 70.5 Å². The maximum Gasteiger partial charge on any atom is 0.00682 e. The zero-order valence-electron chi connectivity index (χ0n) is 10.9. The molecular weight excluding hydrogens is 196 g/mol. The van der Waals surface area contributed by atoms with E-state index in [9.17, 15) is 0 Å². The number of rotatable bonds is 10. The van der Waals surface area contributed by atoms with Crippen molar-refractivity contribution >= 4 is 0 Å². The molecule has 0 aliphatic heterocycles. The molecule has 1 N–H and O–H groups in total. The molecule has 0 atom stereocenters. The second-order valence-electron chi connectivity index (χ2n) is 5.68. The van der Waals surface area contributed by atoms with Crippen molar-refractivity contribution in [1.29, 1.82) is 0 Å². The van der Waals surface area contributed by atoms with Gasteiger partial charge in [0.15, 0.2) is 0 Å². The molecule has 0 radical (unpaired) electrons. The van der Waals surface area contributed by atoms with E-state index in [2.05, 4.69) is 17.1 Å². The minimum absolute atomic E-state index is 0.887. The van der Waals surface area contributed by atoms with Crippen LogP contribution < -0.4 is 5.32 Å². The van der Waals surface area contributed by atoms with Crippen LogP contribution in [0, 0.1) is 5.92 Å². The normalized spacial score (nSPS) is 20.6. The fraction of sp³-hybridized carbons (Fsp3) is 1.00. The summed E-state index contributed by atoms with van der Waals surface area (Å²) in [6.45, 7) is 7.57. The second-order valence-corrected chi connectivity index (χ2v) is 5.68. The molecule has 2 fully saturated rings. The zero-order valence-corrected chi connectivity index (χ0v) is 10.9. The lowest BCUT2D eigenvalue weighted by Crippen LogP contribution is -2.28. The minimum atomic E-state index is 0.887. The van der Waals surface area contributed by atoms with Crippen LogP contribution in [0.5, 0.6) is 0 Å². The smallest absolute Gasteiger partial charge is 0.00682 e. The first-order chi connectivity index (χ1) is 7.88. The van der Waals surface area contributed by atoms with Crippen molar-refractivity contribution in [1.82, 2.24) is 10.2 Å². The summed E-state index contributed by atoms with van der Waals surface area (Å²) in [5.74, 6) is 1.05. The van der Waals surface area contributed by atoms with E-state index in [0.29, 0.717) is 0 Å². The molecule has 2 aliphatic carbocycles. The van der Waals surface area contributed by atoms with Crippen molar-refractivity contribution in [2.75, 3.05) is 26.2 Å². The van der Waals surface area contributed by atoms with Crippen LogP contribution in [0.15, 0.2) is 0 Å². The fourth-order valence-electron chi connectivity index (χ4n) is 2.33. The van der Waals surface area contributed by atoms with Gasteiger partial charge in [-0.2, -0.15) is 0 Å². The molecule has 0 spiro atoms. The summed E-state index contributed by atoms with van der Waals surface area (Å²) in [5.41, 5.74) is 0. The van der Waals surface area contributed by atoms with Crippen LogP contribution in [0.1, 0.15) is 51.9 Å². The van der Waals surface area contributed by atoms with Gasteiger partial charge in [0.05, 0.1) is 0 Å². The van der Waals surface area contributed by atoms with Crippen LogP contribution in [-0.2, 0) is 0 Å². The highest BCUT2D eigenvalue weighted by Gasteiger charge is 2.23. The van der Waals surface area contributed by atoms with E-state index in [-0.39, 0.29) is 0 Å². The third-order valence-corrected chi connectivity index (χ3v) is 3.66. The highest BCUT2D eigenvalue weighted by Crippen LogP contribution is 2.29. The van der Waals surface area contributed by atoms with E-state index >= 15 is 0 Å². The minimum Gasteiger partial charge on any atom is -0.314 e. The van der Waals surface area contributed by atoms with Crippen molar-refractivity contribution in [2.45, 2.75) is 57.9 Å². The number of unbranched alkanes of at least 4 members (excludes halogenated alkanes) is 1. The molecule has 0 saturated heterocycles. The fourth-order valence-corrected chi connectivity index (χ4v) is 2.33. The molecule has 2 aliphatic rings. The summed E-state index contributed by atoms with van der Waals surface area (Å²) < 4.78 is 0. The molecule has 2 saturated carbocycles. The van der Waals surface area contributed by atoms with Crippen molar-refractivity contribution in [3.05, 3.63) is 0 Å². The molecular formula is C14H28N2. The van der Waals surface area contributed by atoms with E-state index in [4.69, 9.17) is 0 Å². The van der Waals surface area contributed by atoms with Gasteiger partial charge in [-0.25, -0.2) is 0 Å². The lowest BCUT2D eigenvalue weighted by Gasteiger charge is -2.21. The summed E-state index contributed by atoms with van der Waals surface area (Å²) in [4.78, 5) is 2.69. The Bertz CT molecular complexity index is 185. The van der Waals surface area contributed by atoms with Gasteiger partial charge in [-0.1, -0.05) is 6.92 Å². The molecule has 2 rings (SSSR count). The summed E-state index contributed by atoms with van der Waals surface area (Å²) in [5, 5.41) is 3.60. The zero-order chi connectivity index (χ0) is 11.2. The van der Waals surface area contributed by atoms with Crippen molar-refractivity contribution in [3.8, 4) is 0 Å². The SMILES string of the molecule is CCCN(CCCCNC1CC1)CC1CC1. The first kappa shape index (κ1) is 12.4. The summed E-state index contributed by atoms with van der Waals surface area (Å²) in [6, 6.07) is 0.887. The summed E-state index contributed by atoms with van der Waals surface area (Å²) in [6.07, 6.45) is 9.88. The van der Waals surface area contributed by atoms with Gasteiger partial charge in [0.2, 0.25) is 0 Å². The molecule has 0 aromatic rings. The lowest BCUT2D eigenvalue weighted by atomic mass is 10.2. The van der Waals surface area contributed by atoms with Gasteiger partial charge in [0, 0.05) is 12.6 Å². The average Bonchev–Trinajstić information content (AvgIpc) is 3.12. The van der Waals surface area contributed by atoms with Crippen LogP contribution in [0.25, 0.3) is 0 Å².